The predicted molar refractivity (Wildman–Crippen MR) is 78.0 cm³/mol. The molecule has 1 atom stereocenters. The maximum Gasteiger partial charge on any atom is 0.573 e. The lowest BCUT2D eigenvalue weighted by atomic mass is 10.0. The number of hydrogen-bond donors (Lipinski definition) is 3. The molecule has 128 valence electrons. The number of aromatic nitrogens is 2. The van der Waals surface area contributed by atoms with Crippen LogP contribution in [0.1, 0.15) is 23.0 Å². The van der Waals surface area contributed by atoms with Gasteiger partial charge in [-0.2, -0.15) is 0 Å². The van der Waals surface area contributed by atoms with Crippen LogP contribution < -0.4 is 15.4 Å². The fourth-order valence-corrected chi connectivity index (χ4v) is 2.58. The van der Waals surface area contributed by atoms with Gasteiger partial charge in [-0.25, -0.2) is 4.98 Å². The van der Waals surface area contributed by atoms with E-state index in [2.05, 4.69) is 25.3 Å². The number of fused-ring (bicyclic) bond motifs is 1. The van der Waals surface area contributed by atoms with Gasteiger partial charge >= 0.3 is 6.36 Å². The van der Waals surface area contributed by atoms with Crippen molar-refractivity contribution in [1.29, 1.82) is 0 Å². The molecule has 0 spiro atoms. The summed E-state index contributed by atoms with van der Waals surface area (Å²) in [5, 5.41) is 5.77. The standard InChI is InChI=1S/C15H15F3N4O2/c16-15(17,18)24-10-3-1-2-9(6-10)7-20-14(23)13-12-11(4-5-19-13)21-8-22-12/h1-3,6,8,13,19H,4-5,7H2,(H,20,23)(H,21,22)/t13-/m1/s1. The normalized spacial score (nSPS) is 17.2. The number of benzene rings is 1. The van der Waals surface area contributed by atoms with Gasteiger partial charge in [0.2, 0.25) is 5.91 Å². The zero-order chi connectivity index (χ0) is 17.2. The molecule has 0 unspecified atom stereocenters. The zero-order valence-corrected chi connectivity index (χ0v) is 12.5. The van der Waals surface area contributed by atoms with Crippen molar-refractivity contribution in [3.8, 4) is 5.75 Å². The topological polar surface area (TPSA) is 79.0 Å². The van der Waals surface area contributed by atoms with Gasteiger partial charge in [0, 0.05) is 25.2 Å². The molecule has 2 aromatic rings. The van der Waals surface area contributed by atoms with Crippen molar-refractivity contribution in [3.63, 3.8) is 0 Å². The van der Waals surface area contributed by atoms with E-state index < -0.39 is 12.4 Å². The summed E-state index contributed by atoms with van der Waals surface area (Å²) in [4.78, 5) is 19.4. The minimum atomic E-state index is -4.75. The number of hydrogen-bond acceptors (Lipinski definition) is 4. The van der Waals surface area contributed by atoms with Crippen molar-refractivity contribution < 1.29 is 22.7 Å². The average molecular weight is 340 g/mol. The molecule has 0 aliphatic carbocycles. The van der Waals surface area contributed by atoms with E-state index in [0.29, 0.717) is 17.8 Å². The highest BCUT2D eigenvalue weighted by atomic mass is 19.4. The summed E-state index contributed by atoms with van der Waals surface area (Å²) in [5.74, 6) is -0.607. The summed E-state index contributed by atoms with van der Waals surface area (Å²) in [7, 11) is 0. The van der Waals surface area contributed by atoms with Crippen molar-refractivity contribution in [3.05, 3.63) is 47.5 Å². The number of aromatic amines is 1. The van der Waals surface area contributed by atoms with Crippen LogP contribution in [0, 0.1) is 0 Å². The van der Waals surface area contributed by atoms with Gasteiger partial charge in [-0.1, -0.05) is 12.1 Å². The fourth-order valence-electron chi connectivity index (χ4n) is 2.58. The zero-order valence-electron chi connectivity index (χ0n) is 12.5. The molecule has 0 bridgehead atoms. The molecule has 0 radical (unpaired) electrons. The highest BCUT2D eigenvalue weighted by Crippen LogP contribution is 2.23. The summed E-state index contributed by atoms with van der Waals surface area (Å²) in [6, 6.07) is 4.92. The molecule has 9 heteroatoms. The van der Waals surface area contributed by atoms with E-state index in [1.807, 2.05) is 0 Å². The molecule has 0 saturated carbocycles. The van der Waals surface area contributed by atoms with Gasteiger partial charge in [-0.05, 0) is 17.7 Å². The van der Waals surface area contributed by atoms with Crippen LogP contribution in [-0.2, 0) is 17.8 Å². The molecule has 0 saturated heterocycles. The number of alkyl halides is 3. The Hall–Kier alpha value is -2.55. The first-order chi connectivity index (χ1) is 11.4. The summed E-state index contributed by atoms with van der Waals surface area (Å²) in [6.45, 7) is 0.730. The molecule has 1 aromatic carbocycles. The van der Waals surface area contributed by atoms with Crippen LogP contribution in [0.5, 0.6) is 5.75 Å². The lowest BCUT2D eigenvalue weighted by Crippen LogP contribution is -2.41. The van der Waals surface area contributed by atoms with Gasteiger partial charge < -0.3 is 20.4 Å². The highest BCUT2D eigenvalue weighted by molar-refractivity contribution is 5.83. The highest BCUT2D eigenvalue weighted by Gasteiger charge is 2.31. The number of imidazole rings is 1. The number of carbonyl (C=O) groups is 1. The average Bonchev–Trinajstić information content (AvgIpc) is 2.99. The minimum absolute atomic E-state index is 0.0891. The summed E-state index contributed by atoms with van der Waals surface area (Å²) < 4.78 is 40.6. The minimum Gasteiger partial charge on any atom is -0.406 e. The number of nitrogens with zero attached hydrogens (tertiary/aromatic N) is 1. The van der Waals surface area contributed by atoms with Gasteiger partial charge in [-0.3, -0.25) is 4.79 Å². The second kappa shape index (κ2) is 6.52. The quantitative estimate of drug-likeness (QED) is 0.793. The number of H-pyrrole nitrogens is 1. The number of rotatable bonds is 4. The van der Waals surface area contributed by atoms with Crippen LogP contribution in [0.3, 0.4) is 0 Å². The fraction of sp³-hybridized carbons (Fsp3) is 0.333. The third-order valence-corrected chi connectivity index (χ3v) is 3.61. The van der Waals surface area contributed by atoms with E-state index in [1.165, 1.54) is 24.5 Å². The first-order valence-electron chi connectivity index (χ1n) is 7.30. The first-order valence-corrected chi connectivity index (χ1v) is 7.30. The Labute approximate surface area is 135 Å². The summed E-state index contributed by atoms with van der Waals surface area (Å²) >= 11 is 0. The number of ether oxygens (including phenoxy) is 1. The van der Waals surface area contributed by atoms with Crippen LogP contribution in [0.4, 0.5) is 13.2 Å². The second-order valence-electron chi connectivity index (χ2n) is 5.32. The van der Waals surface area contributed by atoms with Crippen molar-refractivity contribution >= 4 is 5.91 Å². The van der Waals surface area contributed by atoms with Gasteiger partial charge in [0.25, 0.3) is 0 Å². The molecule has 3 N–H and O–H groups in total. The Morgan fingerprint density at radius 3 is 3.04 bits per heavy atom. The predicted octanol–water partition coefficient (Wildman–Crippen LogP) is 1.81. The molecule has 2 heterocycles. The monoisotopic (exact) mass is 340 g/mol. The Morgan fingerprint density at radius 1 is 1.42 bits per heavy atom. The number of amides is 1. The molecule has 1 amide bonds. The number of nitrogens with one attached hydrogen (secondary N) is 3. The Bertz CT molecular complexity index is 730. The second-order valence-corrected chi connectivity index (χ2v) is 5.32. The van der Waals surface area contributed by atoms with E-state index in [-0.39, 0.29) is 18.2 Å². The van der Waals surface area contributed by atoms with E-state index >= 15 is 0 Å². The molecular weight excluding hydrogens is 325 g/mol. The van der Waals surface area contributed by atoms with Gasteiger partial charge in [0.05, 0.1) is 12.0 Å². The maximum atomic E-state index is 12.3. The molecule has 1 aliphatic rings. The number of halogens is 3. The lowest BCUT2D eigenvalue weighted by molar-refractivity contribution is -0.274. The van der Waals surface area contributed by atoms with Crippen molar-refractivity contribution in [1.82, 2.24) is 20.6 Å². The van der Waals surface area contributed by atoms with E-state index in [4.69, 9.17) is 0 Å². The van der Waals surface area contributed by atoms with Gasteiger partial charge in [0.15, 0.2) is 0 Å². The maximum absolute atomic E-state index is 12.3. The molecule has 24 heavy (non-hydrogen) atoms. The van der Waals surface area contributed by atoms with Crippen molar-refractivity contribution in [2.24, 2.45) is 0 Å². The van der Waals surface area contributed by atoms with Crippen LogP contribution in [0.25, 0.3) is 0 Å². The van der Waals surface area contributed by atoms with Crippen molar-refractivity contribution in [2.45, 2.75) is 25.4 Å². The van der Waals surface area contributed by atoms with E-state index in [1.54, 1.807) is 6.07 Å². The van der Waals surface area contributed by atoms with Crippen LogP contribution in [-0.4, -0.2) is 28.8 Å². The Balaban J connectivity index is 1.62. The van der Waals surface area contributed by atoms with E-state index in [9.17, 15) is 18.0 Å². The number of carbonyl (C=O) groups excluding carboxylic acids is 1. The molecule has 3 rings (SSSR count). The molecule has 1 aromatic heterocycles. The Morgan fingerprint density at radius 2 is 2.25 bits per heavy atom. The summed E-state index contributed by atoms with van der Waals surface area (Å²) in [6.07, 6.45) is -2.45. The molecular formula is C15H15F3N4O2. The van der Waals surface area contributed by atoms with Gasteiger partial charge in [0.1, 0.15) is 11.8 Å². The smallest absolute Gasteiger partial charge is 0.406 e. The lowest BCUT2D eigenvalue weighted by Gasteiger charge is -2.22. The third kappa shape index (κ3) is 3.85. The molecule has 1 aliphatic heterocycles. The van der Waals surface area contributed by atoms with Crippen LogP contribution >= 0.6 is 0 Å². The Kier molecular flexibility index (Phi) is 4.43. The van der Waals surface area contributed by atoms with Gasteiger partial charge in [-0.15, -0.1) is 13.2 Å². The molecule has 0 fully saturated rings. The van der Waals surface area contributed by atoms with Crippen LogP contribution in [0.2, 0.25) is 0 Å². The first kappa shape index (κ1) is 16.3. The van der Waals surface area contributed by atoms with Crippen LogP contribution in [0.15, 0.2) is 30.6 Å². The third-order valence-electron chi connectivity index (χ3n) is 3.61. The summed E-state index contributed by atoms with van der Waals surface area (Å²) in [5.41, 5.74) is 2.06. The SMILES string of the molecule is O=C(NCc1cccc(OC(F)(F)F)c1)[C@@H]1NCCc2[nH]cnc21. The van der Waals surface area contributed by atoms with E-state index in [0.717, 1.165) is 12.1 Å². The van der Waals surface area contributed by atoms with Crippen molar-refractivity contribution in [2.75, 3.05) is 6.54 Å². The largest absolute Gasteiger partial charge is 0.573 e. The molecule has 6 nitrogen and oxygen atoms in total.